The van der Waals surface area contributed by atoms with E-state index in [0.29, 0.717) is 5.70 Å². The Bertz CT molecular complexity index is 881. The van der Waals surface area contributed by atoms with Crippen molar-refractivity contribution in [3.8, 4) is 0 Å². The van der Waals surface area contributed by atoms with Gasteiger partial charge >= 0.3 is 0 Å². The zero-order valence-electron chi connectivity index (χ0n) is 19.6. The first-order valence-electron chi connectivity index (χ1n) is 12.0. The highest BCUT2D eigenvalue weighted by Gasteiger charge is 2.20. The van der Waals surface area contributed by atoms with E-state index in [9.17, 15) is 0 Å². The van der Waals surface area contributed by atoms with E-state index in [2.05, 4.69) is 58.7 Å². The lowest BCUT2D eigenvalue weighted by Crippen LogP contribution is -2.45. The Morgan fingerprint density at radius 1 is 0.844 bits per heavy atom. The Morgan fingerprint density at radius 2 is 1.53 bits per heavy atom. The van der Waals surface area contributed by atoms with E-state index < -0.39 is 0 Å². The summed E-state index contributed by atoms with van der Waals surface area (Å²) in [5.41, 5.74) is 13.2. The van der Waals surface area contributed by atoms with Crippen molar-refractivity contribution < 1.29 is 4.74 Å². The largest absolute Gasteiger partial charge is 0.399 e. The van der Waals surface area contributed by atoms with E-state index in [-0.39, 0.29) is 0 Å². The molecule has 0 radical (unpaired) electrons. The van der Waals surface area contributed by atoms with Crippen LogP contribution in [-0.4, -0.2) is 64.4 Å². The Labute approximate surface area is 193 Å². The fourth-order valence-corrected chi connectivity index (χ4v) is 4.81. The van der Waals surface area contributed by atoms with Crippen LogP contribution in [0.2, 0.25) is 0 Å². The third kappa shape index (κ3) is 5.64. The number of likely N-dealkylation sites (N-methyl/N-ethyl adjacent to an activating group) is 1. The summed E-state index contributed by atoms with van der Waals surface area (Å²) in [6.07, 6.45) is 5.33. The molecule has 0 bridgehead atoms. The van der Waals surface area contributed by atoms with Gasteiger partial charge in [-0.05, 0) is 67.6 Å². The van der Waals surface area contributed by atoms with Crippen molar-refractivity contribution in [3.05, 3.63) is 65.7 Å². The number of benzene rings is 2. The van der Waals surface area contributed by atoms with Crippen molar-refractivity contribution in [2.45, 2.75) is 25.7 Å². The summed E-state index contributed by atoms with van der Waals surface area (Å²) >= 11 is 0. The third-order valence-corrected chi connectivity index (χ3v) is 6.83. The summed E-state index contributed by atoms with van der Waals surface area (Å²) in [6.45, 7) is 12.0. The number of hydrogen-bond acceptors (Lipinski definition) is 5. The van der Waals surface area contributed by atoms with Crippen molar-refractivity contribution in [3.63, 3.8) is 0 Å². The molecule has 5 heteroatoms. The molecule has 2 fully saturated rings. The molecule has 0 unspecified atom stereocenters. The Kier molecular flexibility index (Phi) is 7.72. The van der Waals surface area contributed by atoms with Crippen LogP contribution in [0.4, 0.5) is 11.4 Å². The molecule has 0 aromatic heterocycles. The number of nitrogens with zero attached hydrogens (tertiary/aromatic N) is 3. The highest BCUT2D eigenvalue weighted by Crippen LogP contribution is 2.30. The minimum atomic E-state index is 0.614. The molecular weight excluding hydrogens is 396 g/mol. The van der Waals surface area contributed by atoms with Gasteiger partial charge in [0.25, 0.3) is 0 Å². The molecule has 0 saturated carbocycles. The number of morpholine rings is 1. The van der Waals surface area contributed by atoms with Crippen LogP contribution >= 0.6 is 0 Å². The second-order valence-electron chi connectivity index (χ2n) is 9.08. The second kappa shape index (κ2) is 10.9. The summed E-state index contributed by atoms with van der Waals surface area (Å²) in [6, 6.07) is 15.1. The number of ether oxygens (including phenoxy) is 1. The summed E-state index contributed by atoms with van der Waals surface area (Å²) in [4.78, 5) is 7.32. The Morgan fingerprint density at radius 3 is 2.22 bits per heavy atom. The van der Waals surface area contributed by atoms with Gasteiger partial charge in [0.15, 0.2) is 0 Å². The molecule has 2 aliphatic heterocycles. The van der Waals surface area contributed by atoms with Gasteiger partial charge in [-0.15, -0.1) is 0 Å². The van der Waals surface area contributed by atoms with Crippen molar-refractivity contribution in [1.82, 2.24) is 4.90 Å². The van der Waals surface area contributed by atoms with Gasteiger partial charge in [-0.25, -0.2) is 0 Å². The van der Waals surface area contributed by atoms with Crippen LogP contribution in [0.15, 0.2) is 49.0 Å². The molecule has 5 nitrogen and oxygen atoms in total. The monoisotopic (exact) mass is 434 g/mol. The summed E-state index contributed by atoms with van der Waals surface area (Å²) in [5, 5.41) is 0. The maximum atomic E-state index is 5.61. The molecule has 0 amide bonds. The van der Waals surface area contributed by atoms with Crippen molar-refractivity contribution >= 4 is 17.1 Å². The normalized spacial score (nSPS) is 19.0. The quantitative estimate of drug-likeness (QED) is 0.797. The van der Waals surface area contributed by atoms with E-state index in [4.69, 9.17) is 10.5 Å². The lowest BCUT2D eigenvalue weighted by atomic mass is 9.90. The fraction of sp³-hybridized carbons (Fsp3) is 0.481. The lowest BCUT2D eigenvalue weighted by molar-refractivity contribution is 0.122. The molecule has 2 aromatic carbocycles. The van der Waals surface area contributed by atoms with Crippen LogP contribution in [0, 0.1) is 0 Å². The summed E-state index contributed by atoms with van der Waals surface area (Å²) < 4.78 is 5.31. The van der Waals surface area contributed by atoms with E-state index in [1.54, 1.807) is 11.1 Å². The molecule has 2 N–H and O–H groups in total. The number of nitrogens with two attached hydrogens (primary N) is 1. The molecule has 32 heavy (non-hydrogen) atoms. The van der Waals surface area contributed by atoms with Crippen molar-refractivity contribution in [1.29, 1.82) is 0 Å². The highest BCUT2D eigenvalue weighted by molar-refractivity contribution is 5.63. The predicted octanol–water partition coefficient (Wildman–Crippen LogP) is 3.77. The number of piperazine rings is 1. The number of fused-ring (bicyclic) bond motifs is 1. The molecule has 2 saturated heterocycles. The lowest BCUT2D eigenvalue weighted by Gasteiger charge is -2.36. The summed E-state index contributed by atoms with van der Waals surface area (Å²) in [5.74, 6) is 0. The van der Waals surface area contributed by atoms with Crippen LogP contribution in [0.25, 0.3) is 5.70 Å². The van der Waals surface area contributed by atoms with Gasteiger partial charge < -0.3 is 25.2 Å². The van der Waals surface area contributed by atoms with Crippen LogP contribution < -0.4 is 15.5 Å². The van der Waals surface area contributed by atoms with Gasteiger partial charge in [-0.1, -0.05) is 30.8 Å². The zero-order valence-corrected chi connectivity index (χ0v) is 19.6. The van der Waals surface area contributed by atoms with Gasteiger partial charge in [-0.3, -0.25) is 0 Å². The average molecular weight is 435 g/mol. The average Bonchev–Trinajstić information content (AvgIpc) is 2.85. The molecule has 2 heterocycles. The molecular formula is C27H38N4O. The van der Waals surface area contributed by atoms with E-state index in [1.807, 2.05) is 12.1 Å². The predicted molar refractivity (Wildman–Crippen MR) is 135 cm³/mol. The van der Waals surface area contributed by atoms with Crippen LogP contribution in [0.1, 0.15) is 29.5 Å². The minimum absolute atomic E-state index is 0.614. The first-order chi connectivity index (χ1) is 15.6. The van der Waals surface area contributed by atoms with E-state index in [1.165, 1.54) is 63.2 Å². The minimum Gasteiger partial charge on any atom is -0.399 e. The molecule has 1 aliphatic carbocycles. The molecule has 2 aromatic rings. The maximum Gasteiger partial charge on any atom is 0.0642 e. The topological polar surface area (TPSA) is 45.0 Å². The highest BCUT2D eigenvalue weighted by atomic mass is 16.5. The number of rotatable bonds is 3. The second-order valence-corrected chi connectivity index (χ2v) is 9.08. The summed E-state index contributed by atoms with van der Waals surface area (Å²) in [7, 11) is 2.22. The maximum absolute atomic E-state index is 5.61. The Balaban J connectivity index is 0.000000155. The SMILES string of the molecule is C=C(N)c1ccc(N2CCOCC2)cc1.CN1CCN(c2cccc3c2CCCC3)CC1. The number of anilines is 2. The van der Waals surface area contributed by atoms with Crippen LogP contribution in [0.3, 0.4) is 0 Å². The molecule has 3 aliphatic rings. The fourth-order valence-electron chi connectivity index (χ4n) is 4.81. The standard InChI is InChI=1S/C15H22N2.C12H16N2O/c1-16-9-11-17(12-10-16)15-8-4-6-13-5-2-3-7-14(13)15;1-10(13)11-2-4-12(5-3-11)14-6-8-15-9-7-14/h4,6,8H,2-3,5,7,9-12H2,1H3;2-5H,1,6-9,13H2. The van der Waals surface area contributed by atoms with E-state index >= 15 is 0 Å². The number of hydrogen-bond donors (Lipinski definition) is 1. The molecule has 0 atom stereocenters. The van der Waals surface area contributed by atoms with Gasteiger partial charge in [0, 0.05) is 56.3 Å². The van der Waals surface area contributed by atoms with Crippen molar-refractivity contribution in [2.24, 2.45) is 5.73 Å². The molecule has 0 spiro atoms. The van der Waals surface area contributed by atoms with Gasteiger partial charge in [0.05, 0.1) is 13.2 Å². The molecule has 5 rings (SSSR count). The third-order valence-electron chi connectivity index (χ3n) is 6.83. The van der Waals surface area contributed by atoms with Crippen LogP contribution in [-0.2, 0) is 17.6 Å². The van der Waals surface area contributed by atoms with Gasteiger partial charge in [-0.2, -0.15) is 0 Å². The van der Waals surface area contributed by atoms with E-state index in [0.717, 1.165) is 31.9 Å². The first-order valence-corrected chi connectivity index (χ1v) is 12.0. The Hall–Kier alpha value is -2.50. The first kappa shape index (κ1) is 22.7. The number of aryl methyl sites for hydroxylation is 1. The zero-order chi connectivity index (χ0) is 22.3. The molecule has 172 valence electrons. The van der Waals surface area contributed by atoms with Gasteiger partial charge in [0.1, 0.15) is 0 Å². The smallest absolute Gasteiger partial charge is 0.0642 e. The van der Waals surface area contributed by atoms with Gasteiger partial charge in [0.2, 0.25) is 0 Å². The van der Waals surface area contributed by atoms with Crippen molar-refractivity contribution in [2.75, 3.05) is 69.3 Å². The van der Waals surface area contributed by atoms with Crippen LogP contribution in [0.5, 0.6) is 0 Å².